The summed E-state index contributed by atoms with van der Waals surface area (Å²) in [7, 11) is 1.61. The second-order valence-corrected chi connectivity index (χ2v) is 9.30. The van der Waals surface area contributed by atoms with E-state index in [1.165, 1.54) is 23.0 Å². The van der Waals surface area contributed by atoms with Crippen LogP contribution in [0.1, 0.15) is 47.9 Å². The van der Waals surface area contributed by atoms with E-state index in [9.17, 15) is 10.1 Å². The summed E-state index contributed by atoms with van der Waals surface area (Å²) in [6, 6.07) is 12.4. The number of nitrogens with zero attached hydrogens (tertiary/aromatic N) is 4. The van der Waals surface area contributed by atoms with Gasteiger partial charge in [-0.05, 0) is 80.3 Å². The molecule has 0 spiro atoms. The fourth-order valence-electron chi connectivity index (χ4n) is 5.02. The van der Waals surface area contributed by atoms with E-state index in [1.807, 2.05) is 25.1 Å². The highest BCUT2D eigenvalue weighted by molar-refractivity contribution is 5.70. The van der Waals surface area contributed by atoms with Crippen LogP contribution in [-0.4, -0.2) is 22.9 Å². The Labute approximate surface area is 204 Å². The molecule has 0 unspecified atom stereocenters. The Kier molecular flexibility index (Phi) is 5.98. The third-order valence-corrected chi connectivity index (χ3v) is 6.88. The van der Waals surface area contributed by atoms with E-state index in [1.54, 1.807) is 11.7 Å². The topological polar surface area (TPSA) is 81.5 Å². The Morgan fingerprint density at radius 2 is 1.86 bits per heavy atom. The van der Waals surface area contributed by atoms with E-state index in [4.69, 9.17) is 14.5 Å². The zero-order valence-electron chi connectivity index (χ0n) is 20.7. The minimum Gasteiger partial charge on any atom is -0.493 e. The number of methoxy groups -OCH3 is 1. The summed E-state index contributed by atoms with van der Waals surface area (Å²) in [5.41, 5.74) is 7.42. The third kappa shape index (κ3) is 4.14. The largest absolute Gasteiger partial charge is 0.493 e. The van der Waals surface area contributed by atoms with Crippen molar-refractivity contribution in [2.24, 2.45) is 4.99 Å². The van der Waals surface area contributed by atoms with Gasteiger partial charge in [-0.3, -0.25) is 9.13 Å². The van der Waals surface area contributed by atoms with Gasteiger partial charge < -0.3 is 9.47 Å². The lowest BCUT2D eigenvalue weighted by molar-refractivity contribution is 0.310. The highest BCUT2D eigenvalue weighted by atomic mass is 16.5. The van der Waals surface area contributed by atoms with Crippen LogP contribution in [0.15, 0.2) is 40.1 Å². The number of benzene rings is 2. The number of aryl methyl sites for hydroxylation is 3. The van der Waals surface area contributed by atoms with Gasteiger partial charge in [-0.15, -0.1) is 0 Å². The second-order valence-electron chi connectivity index (χ2n) is 9.30. The molecule has 0 atom stereocenters. The minimum atomic E-state index is -0.230. The first kappa shape index (κ1) is 23.0. The van der Waals surface area contributed by atoms with Crippen molar-refractivity contribution in [3.05, 3.63) is 68.6 Å². The summed E-state index contributed by atoms with van der Waals surface area (Å²) in [6.07, 6.45) is 3.18. The van der Waals surface area contributed by atoms with Gasteiger partial charge in [-0.2, -0.15) is 5.26 Å². The second kappa shape index (κ2) is 9.10. The molecule has 180 valence electrons. The van der Waals surface area contributed by atoms with E-state index < -0.39 is 0 Å². The summed E-state index contributed by atoms with van der Waals surface area (Å²) < 4.78 is 14.5. The number of ether oxygens (including phenoxy) is 2. The molecule has 1 saturated carbocycles. The van der Waals surface area contributed by atoms with Crippen LogP contribution in [0.5, 0.6) is 11.5 Å². The van der Waals surface area contributed by atoms with Gasteiger partial charge in [-0.1, -0.05) is 12.1 Å². The van der Waals surface area contributed by atoms with E-state index >= 15 is 0 Å². The summed E-state index contributed by atoms with van der Waals surface area (Å²) in [5.74, 6) is 1.99. The van der Waals surface area contributed by atoms with Crippen molar-refractivity contribution in [3.63, 3.8) is 0 Å². The molecule has 1 aliphatic heterocycles. The Morgan fingerprint density at radius 1 is 1.11 bits per heavy atom. The monoisotopic (exact) mass is 470 g/mol. The van der Waals surface area contributed by atoms with Crippen LogP contribution in [0.4, 0.5) is 5.69 Å². The van der Waals surface area contributed by atoms with Crippen molar-refractivity contribution in [2.45, 2.75) is 59.0 Å². The lowest BCUT2D eigenvalue weighted by atomic mass is 9.97. The van der Waals surface area contributed by atoms with E-state index in [2.05, 4.69) is 32.0 Å². The van der Waals surface area contributed by atoms with Crippen molar-refractivity contribution in [1.82, 2.24) is 9.13 Å². The first-order valence-corrected chi connectivity index (χ1v) is 12.2. The van der Waals surface area contributed by atoms with Crippen LogP contribution in [0.2, 0.25) is 0 Å². The van der Waals surface area contributed by atoms with Gasteiger partial charge in [0.15, 0.2) is 11.5 Å². The van der Waals surface area contributed by atoms with Crippen LogP contribution in [0.25, 0.3) is 11.3 Å². The first-order chi connectivity index (χ1) is 16.9. The molecule has 3 aromatic rings. The van der Waals surface area contributed by atoms with E-state index in [-0.39, 0.29) is 12.2 Å². The van der Waals surface area contributed by atoms with Crippen LogP contribution >= 0.6 is 0 Å². The summed E-state index contributed by atoms with van der Waals surface area (Å²) in [5, 5.41) is 9.47. The highest BCUT2D eigenvalue weighted by Gasteiger charge is 2.25. The quantitative estimate of drug-likeness (QED) is 0.530. The summed E-state index contributed by atoms with van der Waals surface area (Å²) >= 11 is 0. The fraction of sp³-hybridized carbons (Fsp3) is 0.393. The molecule has 7 nitrogen and oxygen atoms in total. The molecule has 0 bridgehead atoms. The first-order valence-electron chi connectivity index (χ1n) is 12.2. The molecular formula is C28H30N4O3. The molecule has 7 heteroatoms. The zero-order valence-corrected chi connectivity index (χ0v) is 20.7. The maximum absolute atomic E-state index is 13.5. The van der Waals surface area contributed by atoms with Gasteiger partial charge in [0.1, 0.15) is 12.0 Å². The van der Waals surface area contributed by atoms with Crippen molar-refractivity contribution in [2.75, 3.05) is 13.7 Å². The van der Waals surface area contributed by atoms with Crippen molar-refractivity contribution < 1.29 is 9.47 Å². The lowest BCUT2D eigenvalue weighted by Gasteiger charge is -2.24. The molecule has 0 amide bonds. The molecule has 1 aliphatic carbocycles. The maximum Gasteiger partial charge on any atom is 0.331 e. The number of hydrogen-bond donors (Lipinski definition) is 0. The van der Waals surface area contributed by atoms with Crippen molar-refractivity contribution in [1.29, 1.82) is 5.26 Å². The smallest absolute Gasteiger partial charge is 0.331 e. The zero-order chi connectivity index (χ0) is 24.7. The molecule has 0 radical (unpaired) electrons. The predicted molar refractivity (Wildman–Crippen MR) is 134 cm³/mol. The van der Waals surface area contributed by atoms with Gasteiger partial charge in [0.2, 0.25) is 0 Å². The molecule has 1 aromatic heterocycles. The lowest BCUT2D eigenvalue weighted by Crippen LogP contribution is -2.42. The molecule has 2 aliphatic rings. The van der Waals surface area contributed by atoms with Gasteiger partial charge in [0.05, 0.1) is 31.2 Å². The Bertz CT molecular complexity index is 1460. The summed E-state index contributed by atoms with van der Waals surface area (Å²) in [6.45, 7) is 7.08. The van der Waals surface area contributed by atoms with Gasteiger partial charge in [0.25, 0.3) is 0 Å². The number of fused-ring (bicyclic) bond motifs is 3. The molecule has 2 heterocycles. The molecule has 1 fully saturated rings. The normalized spacial score (nSPS) is 14.8. The van der Waals surface area contributed by atoms with Crippen LogP contribution in [0, 0.1) is 25.2 Å². The highest BCUT2D eigenvalue weighted by Crippen LogP contribution is 2.42. The molecular weight excluding hydrogens is 440 g/mol. The van der Waals surface area contributed by atoms with Crippen LogP contribution in [0.3, 0.4) is 0 Å². The Morgan fingerprint density at radius 3 is 2.49 bits per heavy atom. The Hall–Kier alpha value is -3.79. The van der Waals surface area contributed by atoms with E-state index in [0.717, 1.165) is 33.6 Å². The molecule has 5 rings (SSSR count). The van der Waals surface area contributed by atoms with Crippen LogP contribution in [-0.2, 0) is 19.5 Å². The van der Waals surface area contributed by atoms with Gasteiger partial charge in [-0.25, -0.2) is 9.79 Å². The number of aromatic nitrogens is 2. The minimum absolute atomic E-state index is 0.0599. The van der Waals surface area contributed by atoms with Crippen molar-refractivity contribution >= 4 is 5.69 Å². The number of nitriles is 1. The number of hydrogen-bond acceptors (Lipinski definition) is 5. The molecule has 35 heavy (non-hydrogen) atoms. The average molecular weight is 471 g/mol. The van der Waals surface area contributed by atoms with Crippen molar-refractivity contribution in [3.8, 4) is 28.8 Å². The Balaban J connectivity index is 1.73. The molecule has 0 saturated heterocycles. The van der Waals surface area contributed by atoms with E-state index in [0.29, 0.717) is 42.5 Å². The summed E-state index contributed by atoms with van der Waals surface area (Å²) in [4.78, 5) is 18.5. The van der Waals surface area contributed by atoms with Crippen LogP contribution < -0.4 is 20.7 Å². The predicted octanol–water partition coefficient (Wildman–Crippen LogP) is 4.53. The van der Waals surface area contributed by atoms with Gasteiger partial charge >= 0.3 is 5.69 Å². The number of rotatable bonds is 6. The molecule has 0 N–H and O–H groups in total. The molecule has 2 aromatic carbocycles. The fourth-order valence-corrected chi connectivity index (χ4v) is 5.02. The average Bonchev–Trinajstić information content (AvgIpc) is 3.69. The maximum atomic E-state index is 13.5. The standard InChI is InChI=1S/C28H30N4O3/c1-5-35-25-14-20-8-10-31-23(22(20)15-24(25)34-4)16-26(32(11-9-29)28(31)33)30-27-17(2)12-21(13-18(27)3)19-6-7-19/h12-16,19H,5-8,10-11H2,1-4H3. The van der Waals surface area contributed by atoms with Gasteiger partial charge in [0, 0.05) is 18.2 Å². The SMILES string of the molecule is CCOc1cc2c(cc1OC)-c1cc(=Nc3c(C)cc(C4CC4)cc3C)n(CC#N)c(=O)n1CC2. The third-order valence-electron chi connectivity index (χ3n) is 6.88.